The van der Waals surface area contributed by atoms with Crippen molar-refractivity contribution >= 4 is 31.6 Å². The molecule has 0 amide bonds. The minimum absolute atomic E-state index is 0.272. The molecule has 2 aliphatic rings. The highest BCUT2D eigenvalue weighted by atomic mass is 79.9. The third-order valence-corrected chi connectivity index (χ3v) is 7.59. The third kappa shape index (κ3) is 2.85. The average Bonchev–Trinajstić information content (AvgIpc) is 3.04. The van der Waals surface area contributed by atoms with Crippen molar-refractivity contribution < 1.29 is 8.42 Å². The first-order valence-corrected chi connectivity index (χ1v) is 9.62. The van der Waals surface area contributed by atoms with E-state index < -0.39 is 10.0 Å². The summed E-state index contributed by atoms with van der Waals surface area (Å²) in [7, 11) is -1.77. The van der Waals surface area contributed by atoms with Crippen molar-refractivity contribution in [2.24, 2.45) is 17.8 Å². The summed E-state index contributed by atoms with van der Waals surface area (Å²) >= 11 is 3.29. The number of fused-ring (bicyclic) bond motifs is 2. The molecule has 2 N–H and O–H groups in total. The van der Waals surface area contributed by atoms with Crippen molar-refractivity contribution in [1.82, 2.24) is 4.31 Å². The van der Waals surface area contributed by atoms with Gasteiger partial charge in [0.2, 0.25) is 10.0 Å². The van der Waals surface area contributed by atoms with Crippen LogP contribution in [0.1, 0.15) is 25.7 Å². The summed E-state index contributed by atoms with van der Waals surface area (Å²) in [5, 5.41) is 0. The summed E-state index contributed by atoms with van der Waals surface area (Å²) < 4.78 is 27.5. The summed E-state index contributed by atoms with van der Waals surface area (Å²) in [4.78, 5) is 0.272. The zero-order valence-electron chi connectivity index (χ0n) is 12.1. The Morgan fingerprint density at radius 1 is 1.33 bits per heavy atom. The number of hydrogen-bond donors (Lipinski definition) is 1. The van der Waals surface area contributed by atoms with Crippen LogP contribution in [-0.2, 0) is 10.0 Å². The van der Waals surface area contributed by atoms with Crippen molar-refractivity contribution in [3.05, 3.63) is 22.7 Å². The molecule has 0 radical (unpaired) electrons. The quantitative estimate of drug-likeness (QED) is 0.825. The minimum Gasteiger partial charge on any atom is -0.398 e. The van der Waals surface area contributed by atoms with Gasteiger partial charge in [0, 0.05) is 23.8 Å². The van der Waals surface area contributed by atoms with Gasteiger partial charge in [0.15, 0.2) is 0 Å². The fourth-order valence-corrected chi connectivity index (χ4v) is 5.40. The lowest BCUT2D eigenvalue weighted by Gasteiger charge is -2.26. The van der Waals surface area contributed by atoms with Crippen LogP contribution in [0.2, 0.25) is 0 Å². The molecule has 0 aromatic heterocycles. The molecule has 1 aromatic rings. The second kappa shape index (κ2) is 5.56. The Bertz CT molecular complexity index is 647. The van der Waals surface area contributed by atoms with Gasteiger partial charge in [0.25, 0.3) is 0 Å². The second-order valence-electron chi connectivity index (χ2n) is 6.40. The van der Waals surface area contributed by atoms with E-state index in [2.05, 4.69) is 15.9 Å². The number of sulfonamides is 1. The van der Waals surface area contributed by atoms with Crippen molar-refractivity contribution in [2.75, 3.05) is 19.3 Å². The van der Waals surface area contributed by atoms with Gasteiger partial charge in [-0.2, -0.15) is 0 Å². The van der Waals surface area contributed by atoms with Crippen LogP contribution in [0, 0.1) is 17.8 Å². The van der Waals surface area contributed by atoms with Gasteiger partial charge in [-0.05, 0) is 71.1 Å². The Morgan fingerprint density at radius 2 is 2.10 bits per heavy atom. The van der Waals surface area contributed by atoms with Gasteiger partial charge >= 0.3 is 0 Å². The largest absolute Gasteiger partial charge is 0.398 e. The van der Waals surface area contributed by atoms with Crippen LogP contribution in [-0.4, -0.2) is 26.3 Å². The Morgan fingerprint density at radius 3 is 2.67 bits per heavy atom. The van der Waals surface area contributed by atoms with Gasteiger partial charge in [-0.1, -0.05) is 6.42 Å². The molecule has 4 nitrogen and oxygen atoms in total. The number of rotatable bonds is 4. The SMILES string of the molecule is CN(CC1CC2CCC1C2)S(=O)(=O)c1ccc(Br)c(N)c1. The molecule has 2 fully saturated rings. The summed E-state index contributed by atoms with van der Waals surface area (Å²) in [6, 6.07) is 4.82. The summed E-state index contributed by atoms with van der Waals surface area (Å²) in [6.45, 7) is 0.624. The third-order valence-electron chi connectivity index (χ3n) is 5.05. The van der Waals surface area contributed by atoms with Crippen LogP contribution in [0.5, 0.6) is 0 Å². The molecule has 116 valence electrons. The van der Waals surface area contributed by atoms with E-state index in [9.17, 15) is 8.42 Å². The smallest absolute Gasteiger partial charge is 0.242 e. The summed E-state index contributed by atoms with van der Waals surface area (Å²) in [5.41, 5.74) is 6.25. The van der Waals surface area contributed by atoms with E-state index >= 15 is 0 Å². The number of halogens is 1. The van der Waals surface area contributed by atoms with Crippen LogP contribution in [0.3, 0.4) is 0 Å². The monoisotopic (exact) mass is 372 g/mol. The predicted octanol–water partition coefficient (Wildman–Crippen LogP) is 3.09. The van der Waals surface area contributed by atoms with Crippen molar-refractivity contribution in [2.45, 2.75) is 30.6 Å². The molecule has 0 aliphatic heterocycles. The Hall–Kier alpha value is -0.590. The zero-order valence-corrected chi connectivity index (χ0v) is 14.5. The fraction of sp³-hybridized carbons (Fsp3) is 0.600. The van der Waals surface area contributed by atoms with E-state index in [4.69, 9.17) is 5.73 Å². The molecular formula is C15H21BrN2O2S. The lowest BCUT2D eigenvalue weighted by Crippen LogP contribution is -2.33. The van der Waals surface area contributed by atoms with Crippen LogP contribution in [0.25, 0.3) is 0 Å². The second-order valence-corrected chi connectivity index (χ2v) is 9.30. The lowest BCUT2D eigenvalue weighted by molar-refractivity contribution is 0.280. The molecule has 1 aromatic carbocycles. The standard InChI is InChI=1S/C15H21BrN2O2S/c1-18(9-12-7-10-2-3-11(12)6-10)21(19,20)13-4-5-14(16)15(17)8-13/h4-5,8,10-12H,2-3,6-7,9,17H2,1H3. The van der Waals surface area contributed by atoms with E-state index in [1.54, 1.807) is 19.2 Å². The average molecular weight is 373 g/mol. The summed E-state index contributed by atoms with van der Waals surface area (Å²) in [5.74, 6) is 2.08. The molecule has 6 heteroatoms. The van der Waals surface area contributed by atoms with Gasteiger partial charge in [-0.15, -0.1) is 0 Å². The van der Waals surface area contributed by atoms with Crippen LogP contribution >= 0.6 is 15.9 Å². The molecule has 3 unspecified atom stereocenters. The summed E-state index contributed by atoms with van der Waals surface area (Å²) in [6.07, 6.45) is 5.09. The first-order chi connectivity index (χ1) is 9.88. The molecule has 2 aliphatic carbocycles. The van der Waals surface area contributed by atoms with E-state index in [1.165, 1.54) is 36.1 Å². The normalized spacial score (nSPS) is 28.4. The molecular weight excluding hydrogens is 352 g/mol. The van der Waals surface area contributed by atoms with Crippen LogP contribution in [0.4, 0.5) is 5.69 Å². The molecule has 3 atom stereocenters. The maximum Gasteiger partial charge on any atom is 0.242 e. The maximum absolute atomic E-state index is 12.6. The van der Waals surface area contributed by atoms with Gasteiger partial charge in [0.05, 0.1) is 4.90 Å². The highest BCUT2D eigenvalue weighted by molar-refractivity contribution is 9.10. The molecule has 3 rings (SSSR count). The number of benzene rings is 1. The van der Waals surface area contributed by atoms with E-state index in [-0.39, 0.29) is 4.90 Å². The van der Waals surface area contributed by atoms with Gasteiger partial charge in [-0.3, -0.25) is 0 Å². The Balaban J connectivity index is 1.76. The Kier molecular flexibility index (Phi) is 4.05. The van der Waals surface area contributed by atoms with Gasteiger partial charge in [-0.25, -0.2) is 12.7 Å². The molecule has 21 heavy (non-hydrogen) atoms. The maximum atomic E-state index is 12.6. The highest BCUT2D eigenvalue weighted by Crippen LogP contribution is 2.48. The fourth-order valence-electron chi connectivity index (χ4n) is 3.89. The van der Waals surface area contributed by atoms with Crippen LogP contribution < -0.4 is 5.73 Å². The highest BCUT2D eigenvalue weighted by Gasteiger charge is 2.40. The van der Waals surface area contributed by atoms with Crippen molar-refractivity contribution in [1.29, 1.82) is 0 Å². The molecule has 2 bridgehead atoms. The molecule has 0 saturated heterocycles. The molecule has 0 spiro atoms. The number of nitrogen functional groups attached to an aromatic ring is 1. The van der Waals surface area contributed by atoms with Crippen LogP contribution in [0.15, 0.2) is 27.6 Å². The lowest BCUT2D eigenvalue weighted by atomic mass is 9.89. The molecule has 2 saturated carbocycles. The first-order valence-electron chi connectivity index (χ1n) is 7.39. The van der Waals surface area contributed by atoms with E-state index in [0.29, 0.717) is 18.2 Å². The number of anilines is 1. The number of nitrogens with two attached hydrogens (primary N) is 1. The van der Waals surface area contributed by atoms with Gasteiger partial charge < -0.3 is 5.73 Å². The first kappa shape index (κ1) is 15.3. The minimum atomic E-state index is -3.45. The van der Waals surface area contributed by atoms with E-state index in [1.807, 2.05) is 0 Å². The Labute approximate surface area is 134 Å². The van der Waals surface area contributed by atoms with Crippen molar-refractivity contribution in [3.8, 4) is 0 Å². The molecule has 0 heterocycles. The number of hydrogen-bond acceptors (Lipinski definition) is 3. The van der Waals surface area contributed by atoms with E-state index in [0.717, 1.165) is 16.3 Å². The topological polar surface area (TPSA) is 63.4 Å². The zero-order chi connectivity index (χ0) is 15.2. The predicted molar refractivity (Wildman–Crippen MR) is 87.3 cm³/mol. The van der Waals surface area contributed by atoms with Crippen molar-refractivity contribution in [3.63, 3.8) is 0 Å². The van der Waals surface area contributed by atoms with Gasteiger partial charge in [0.1, 0.15) is 0 Å². The number of nitrogens with zero attached hydrogens (tertiary/aromatic N) is 1.